The molecule has 0 bridgehead atoms. The van der Waals surface area contributed by atoms with Crippen LogP contribution in [0, 0.1) is 5.92 Å². The predicted molar refractivity (Wildman–Crippen MR) is 126 cm³/mol. The first kappa shape index (κ1) is 26.1. The van der Waals surface area contributed by atoms with E-state index in [1.807, 2.05) is 6.92 Å². The van der Waals surface area contributed by atoms with Gasteiger partial charge in [0.15, 0.2) is 0 Å². The third kappa shape index (κ3) is 6.32. The Morgan fingerprint density at radius 1 is 1.15 bits per heavy atom. The normalized spacial score (nSPS) is 19.5. The minimum absolute atomic E-state index is 0.0399. The predicted octanol–water partition coefficient (Wildman–Crippen LogP) is 3.14. The summed E-state index contributed by atoms with van der Waals surface area (Å²) in [5, 5.41) is 9.55. The van der Waals surface area contributed by atoms with Crippen LogP contribution in [0.5, 0.6) is 5.75 Å². The largest absolute Gasteiger partial charge is 0.497 e. The molecule has 9 nitrogen and oxygen atoms in total. The van der Waals surface area contributed by atoms with Crippen LogP contribution in [0.25, 0.3) is 0 Å². The lowest BCUT2D eigenvalue weighted by molar-refractivity contribution is -0.136. The van der Waals surface area contributed by atoms with Crippen molar-refractivity contribution in [2.75, 3.05) is 13.7 Å². The van der Waals surface area contributed by atoms with Crippen molar-refractivity contribution in [2.45, 2.75) is 62.6 Å². The zero-order valence-electron chi connectivity index (χ0n) is 19.6. The van der Waals surface area contributed by atoms with Gasteiger partial charge in [0.1, 0.15) is 11.8 Å². The number of hydrogen-bond acceptors (Lipinski definition) is 7. The molecule has 10 heteroatoms. The van der Waals surface area contributed by atoms with Crippen molar-refractivity contribution in [1.82, 2.24) is 14.8 Å². The van der Waals surface area contributed by atoms with Crippen LogP contribution in [-0.4, -0.2) is 54.7 Å². The molecule has 1 atom stereocenters. The lowest BCUT2D eigenvalue weighted by Crippen LogP contribution is -2.53. The Hall–Kier alpha value is -2.53. The smallest absolute Gasteiger partial charge is 0.262 e. The fourth-order valence-electron chi connectivity index (χ4n) is 4.39. The highest BCUT2D eigenvalue weighted by Gasteiger charge is 2.42. The van der Waals surface area contributed by atoms with Crippen molar-refractivity contribution in [3.05, 3.63) is 54.4 Å². The number of ether oxygens (including phenoxy) is 2. The lowest BCUT2D eigenvalue weighted by Gasteiger charge is -2.38. The number of benzene rings is 1. The van der Waals surface area contributed by atoms with Crippen LogP contribution in [-0.2, 0) is 26.1 Å². The van der Waals surface area contributed by atoms with E-state index in [0.717, 1.165) is 19.3 Å². The summed E-state index contributed by atoms with van der Waals surface area (Å²) in [7, 11) is -2.60. The van der Waals surface area contributed by atoms with Crippen molar-refractivity contribution in [3.63, 3.8) is 0 Å². The maximum absolute atomic E-state index is 13.8. The lowest BCUT2D eigenvalue weighted by atomic mass is 9.82. The molecule has 0 aliphatic heterocycles. The van der Waals surface area contributed by atoms with Crippen LogP contribution >= 0.6 is 0 Å². The van der Waals surface area contributed by atoms with E-state index in [4.69, 9.17) is 9.47 Å². The van der Waals surface area contributed by atoms with E-state index in [-0.39, 0.29) is 23.5 Å². The fourth-order valence-corrected chi connectivity index (χ4v) is 6.02. The second kappa shape index (κ2) is 12.3. The molecule has 1 aromatic heterocycles. The quantitative estimate of drug-likeness (QED) is 0.366. The average Bonchev–Trinajstić information content (AvgIpc) is 2.88. The number of amides is 1. The van der Waals surface area contributed by atoms with Crippen LogP contribution in [0.3, 0.4) is 0 Å². The highest BCUT2D eigenvalue weighted by atomic mass is 32.2. The number of rotatable bonds is 11. The Balaban J connectivity index is 1.96. The van der Waals surface area contributed by atoms with E-state index in [2.05, 4.69) is 4.98 Å². The molecule has 2 N–H and O–H groups in total. The van der Waals surface area contributed by atoms with E-state index in [1.165, 1.54) is 23.5 Å². The number of carbonyl (C=O) groups is 1. The average molecular weight is 492 g/mol. The number of carbonyl (C=O) groups excluding carboxylic acids is 1. The van der Waals surface area contributed by atoms with Gasteiger partial charge in [-0.25, -0.2) is 13.9 Å². The van der Waals surface area contributed by atoms with Crippen molar-refractivity contribution < 1.29 is 27.9 Å². The Morgan fingerprint density at radius 2 is 1.79 bits per heavy atom. The SMILES string of the molecule is CCCO[C@H]1CC[C@H]([C@H](C(=O)NO)N(Cc2ccncc2)S(=O)(=O)c2ccc(OC)cc2)CC1. The summed E-state index contributed by atoms with van der Waals surface area (Å²) >= 11 is 0. The summed E-state index contributed by atoms with van der Waals surface area (Å²) in [6.07, 6.45) is 6.85. The molecule has 0 unspecified atom stereocenters. The topological polar surface area (TPSA) is 118 Å². The van der Waals surface area contributed by atoms with E-state index in [0.29, 0.717) is 30.8 Å². The Labute approximate surface area is 201 Å². The van der Waals surface area contributed by atoms with Gasteiger partial charge in [0, 0.05) is 25.5 Å². The van der Waals surface area contributed by atoms with Gasteiger partial charge in [0.2, 0.25) is 10.0 Å². The van der Waals surface area contributed by atoms with Crippen LogP contribution < -0.4 is 10.2 Å². The third-order valence-corrected chi connectivity index (χ3v) is 8.01. The highest BCUT2D eigenvalue weighted by Crippen LogP contribution is 2.34. The Kier molecular flexibility index (Phi) is 9.40. The van der Waals surface area contributed by atoms with Gasteiger partial charge in [-0.15, -0.1) is 0 Å². The number of methoxy groups -OCH3 is 1. The minimum Gasteiger partial charge on any atom is -0.497 e. The van der Waals surface area contributed by atoms with Gasteiger partial charge in [-0.05, 0) is 80.0 Å². The summed E-state index contributed by atoms with van der Waals surface area (Å²) in [5.74, 6) is -0.498. The molecule has 34 heavy (non-hydrogen) atoms. The van der Waals surface area contributed by atoms with Gasteiger partial charge in [-0.3, -0.25) is 15.0 Å². The number of hydrogen-bond donors (Lipinski definition) is 2. The Bertz CT molecular complexity index is 1010. The molecule has 0 spiro atoms. The van der Waals surface area contributed by atoms with E-state index < -0.39 is 22.0 Å². The molecule has 2 aromatic rings. The summed E-state index contributed by atoms with van der Waals surface area (Å²) in [6, 6.07) is 8.37. The number of aromatic nitrogens is 1. The molecule has 1 aliphatic carbocycles. The second-order valence-electron chi connectivity index (χ2n) is 8.41. The molecule has 1 aromatic carbocycles. The van der Waals surface area contributed by atoms with E-state index >= 15 is 0 Å². The number of hydroxylamine groups is 1. The molecule has 1 aliphatic rings. The molecule has 1 fully saturated rings. The van der Waals surface area contributed by atoms with Gasteiger partial charge < -0.3 is 9.47 Å². The first-order valence-corrected chi connectivity index (χ1v) is 12.9. The van der Waals surface area contributed by atoms with Gasteiger partial charge in [0.05, 0.1) is 18.1 Å². The van der Waals surface area contributed by atoms with E-state index in [1.54, 1.807) is 42.1 Å². The van der Waals surface area contributed by atoms with Gasteiger partial charge in [-0.1, -0.05) is 6.92 Å². The fraction of sp³-hybridized carbons (Fsp3) is 0.500. The summed E-state index contributed by atoms with van der Waals surface area (Å²) in [4.78, 5) is 17.0. The molecule has 0 radical (unpaired) electrons. The van der Waals surface area contributed by atoms with Crippen LogP contribution in [0.2, 0.25) is 0 Å². The highest BCUT2D eigenvalue weighted by molar-refractivity contribution is 7.89. The molecule has 1 saturated carbocycles. The van der Waals surface area contributed by atoms with Crippen molar-refractivity contribution in [1.29, 1.82) is 0 Å². The van der Waals surface area contributed by atoms with Crippen molar-refractivity contribution in [2.24, 2.45) is 5.92 Å². The molecule has 3 rings (SSSR count). The first-order valence-electron chi connectivity index (χ1n) is 11.5. The number of sulfonamides is 1. The van der Waals surface area contributed by atoms with Crippen molar-refractivity contribution in [3.8, 4) is 5.75 Å². The molecular weight excluding hydrogens is 458 g/mol. The second-order valence-corrected chi connectivity index (χ2v) is 10.3. The number of nitrogens with zero attached hydrogens (tertiary/aromatic N) is 2. The summed E-state index contributed by atoms with van der Waals surface area (Å²) in [5.41, 5.74) is 2.39. The third-order valence-electron chi connectivity index (χ3n) is 6.17. The monoisotopic (exact) mass is 491 g/mol. The zero-order chi connectivity index (χ0) is 24.6. The van der Waals surface area contributed by atoms with Gasteiger partial charge >= 0.3 is 0 Å². The summed E-state index contributed by atoms with van der Waals surface area (Å²) in [6.45, 7) is 2.69. The zero-order valence-corrected chi connectivity index (χ0v) is 20.4. The first-order chi connectivity index (χ1) is 16.4. The molecular formula is C24H33N3O6S. The summed E-state index contributed by atoms with van der Waals surface area (Å²) < 4.78 is 39.9. The molecule has 1 heterocycles. The van der Waals surface area contributed by atoms with Gasteiger partial charge in [0.25, 0.3) is 5.91 Å². The maximum atomic E-state index is 13.8. The Morgan fingerprint density at radius 3 is 2.35 bits per heavy atom. The maximum Gasteiger partial charge on any atom is 0.262 e. The molecule has 0 saturated heterocycles. The minimum atomic E-state index is -4.10. The van der Waals surface area contributed by atoms with Gasteiger partial charge in [-0.2, -0.15) is 4.31 Å². The van der Waals surface area contributed by atoms with Crippen LogP contribution in [0.4, 0.5) is 0 Å². The number of nitrogens with one attached hydrogen (secondary N) is 1. The van der Waals surface area contributed by atoms with Crippen molar-refractivity contribution >= 4 is 15.9 Å². The standard InChI is InChI=1S/C24H33N3O6S/c1-3-16-33-21-6-4-19(5-7-21)23(24(28)26-29)27(17-18-12-14-25-15-13-18)34(30,31)22-10-8-20(32-2)9-11-22/h8-15,19,21,23,29H,3-7,16-17H2,1-2H3,(H,26,28)/t19-,21-,23-/m1/s1. The number of pyridine rings is 1. The molecule has 1 amide bonds. The van der Waals surface area contributed by atoms with Crippen LogP contribution in [0.1, 0.15) is 44.6 Å². The van der Waals surface area contributed by atoms with Crippen LogP contribution in [0.15, 0.2) is 53.7 Å². The molecule has 186 valence electrons. The van der Waals surface area contributed by atoms with E-state index in [9.17, 15) is 18.4 Å².